The Morgan fingerprint density at radius 2 is 2.25 bits per heavy atom. The van der Waals surface area contributed by atoms with Crippen LogP contribution in [0.4, 0.5) is 0 Å². The molecule has 0 aromatic rings. The predicted molar refractivity (Wildman–Crippen MR) is 65.1 cm³/mol. The molecule has 2 aliphatic rings. The second kappa shape index (κ2) is 4.74. The lowest BCUT2D eigenvalue weighted by molar-refractivity contribution is -0.133. The smallest absolute Gasteiger partial charge is 0.223 e. The Morgan fingerprint density at radius 3 is 2.88 bits per heavy atom. The Hall–Kier alpha value is -0.570. The summed E-state index contributed by atoms with van der Waals surface area (Å²) in [6, 6.07) is 0.441. The van der Waals surface area contributed by atoms with Crippen molar-refractivity contribution in [2.75, 3.05) is 19.6 Å². The van der Waals surface area contributed by atoms with Crippen molar-refractivity contribution in [1.29, 1.82) is 0 Å². The first-order valence-electron chi connectivity index (χ1n) is 6.63. The zero-order valence-corrected chi connectivity index (χ0v) is 10.7. The third-order valence-electron chi connectivity index (χ3n) is 4.47. The van der Waals surface area contributed by atoms with Crippen molar-refractivity contribution in [2.24, 2.45) is 17.8 Å². The monoisotopic (exact) mass is 224 g/mol. The van der Waals surface area contributed by atoms with Gasteiger partial charge in [-0.25, -0.2) is 0 Å². The van der Waals surface area contributed by atoms with Gasteiger partial charge in [-0.15, -0.1) is 0 Å². The van der Waals surface area contributed by atoms with Crippen molar-refractivity contribution in [3.8, 4) is 0 Å². The predicted octanol–water partition coefficient (Wildman–Crippen LogP) is 1.49. The van der Waals surface area contributed by atoms with Crippen LogP contribution < -0.4 is 5.32 Å². The molecule has 16 heavy (non-hydrogen) atoms. The molecule has 0 bridgehead atoms. The second-order valence-corrected chi connectivity index (χ2v) is 5.59. The normalized spacial score (nSPS) is 35.2. The molecule has 92 valence electrons. The molecule has 2 fully saturated rings. The summed E-state index contributed by atoms with van der Waals surface area (Å²) in [4.78, 5) is 14.3. The highest BCUT2D eigenvalue weighted by Gasteiger charge is 2.43. The molecule has 0 spiro atoms. The Morgan fingerprint density at radius 1 is 1.50 bits per heavy atom. The summed E-state index contributed by atoms with van der Waals surface area (Å²) in [5.74, 6) is 2.30. The van der Waals surface area contributed by atoms with Gasteiger partial charge in [0.05, 0.1) is 0 Å². The lowest BCUT2D eigenvalue weighted by atomic mass is 9.95. The van der Waals surface area contributed by atoms with Crippen LogP contribution >= 0.6 is 0 Å². The molecule has 3 nitrogen and oxygen atoms in total. The van der Waals surface area contributed by atoms with Gasteiger partial charge in [0, 0.05) is 32.1 Å². The van der Waals surface area contributed by atoms with Crippen LogP contribution in [0.2, 0.25) is 0 Å². The maximum atomic E-state index is 12.2. The summed E-state index contributed by atoms with van der Waals surface area (Å²) in [5, 5.41) is 3.43. The number of likely N-dealkylation sites (tertiary alicyclic amines) is 1. The summed E-state index contributed by atoms with van der Waals surface area (Å²) in [6.07, 6.45) is 1.83. The molecule has 2 rings (SSSR count). The minimum absolute atomic E-state index is 0.372. The largest absolute Gasteiger partial charge is 0.339 e. The number of amides is 1. The average Bonchev–Trinajstić information content (AvgIpc) is 2.81. The van der Waals surface area contributed by atoms with Gasteiger partial charge in [0.15, 0.2) is 0 Å². The number of rotatable bonds is 3. The average molecular weight is 224 g/mol. The molecule has 2 aliphatic heterocycles. The van der Waals surface area contributed by atoms with Gasteiger partial charge >= 0.3 is 0 Å². The van der Waals surface area contributed by atoms with E-state index < -0.39 is 0 Å². The number of nitrogens with zero attached hydrogens (tertiary/aromatic N) is 1. The molecule has 2 saturated heterocycles. The zero-order chi connectivity index (χ0) is 11.7. The van der Waals surface area contributed by atoms with Crippen LogP contribution in [0.25, 0.3) is 0 Å². The van der Waals surface area contributed by atoms with Gasteiger partial charge in [-0.05, 0) is 24.7 Å². The minimum Gasteiger partial charge on any atom is -0.339 e. The molecular formula is C13H24N2O. The Balaban J connectivity index is 1.93. The lowest BCUT2D eigenvalue weighted by Crippen LogP contribution is -2.38. The fourth-order valence-electron chi connectivity index (χ4n) is 3.06. The molecule has 0 radical (unpaired) electrons. The summed E-state index contributed by atoms with van der Waals surface area (Å²) >= 11 is 0. The molecule has 0 aromatic heterocycles. The van der Waals surface area contributed by atoms with E-state index in [1.807, 2.05) is 0 Å². The number of carbonyl (C=O) groups excluding carboxylic acids is 1. The molecule has 1 N–H and O–H groups in total. The Kier molecular flexibility index (Phi) is 3.53. The number of hydrogen-bond acceptors (Lipinski definition) is 2. The number of nitrogens with one attached hydrogen (secondary N) is 1. The first-order chi connectivity index (χ1) is 7.63. The molecule has 0 aliphatic carbocycles. The third-order valence-corrected chi connectivity index (χ3v) is 4.47. The van der Waals surface area contributed by atoms with E-state index in [1.54, 1.807) is 0 Å². The zero-order valence-electron chi connectivity index (χ0n) is 10.7. The second-order valence-electron chi connectivity index (χ2n) is 5.59. The number of fused-ring (bicyclic) bond motifs is 1. The first-order valence-corrected chi connectivity index (χ1v) is 6.63. The highest BCUT2D eigenvalue weighted by atomic mass is 16.2. The van der Waals surface area contributed by atoms with Crippen molar-refractivity contribution in [1.82, 2.24) is 10.2 Å². The van der Waals surface area contributed by atoms with E-state index in [-0.39, 0.29) is 0 Å². The molecular weight excluding hydrogens is 200 g/mol. The van der Waals surface area contributed by atoms with Gasteiger partial charge in [0.1, 0.15) is 0 Å². The van der Waals surface area contributed by atoms with E-state index in [0.717, 1.165) is 32.5 Å². The van der Waals surface area contributed by atoms with Gasteiger partial charge in [-0.3, -0.25) is 4.79 Å². The summed E-state index contributed by atoms with van der Waals surface area (Å²) < 4.78 is 0. The maximum absolute atomic E-state index is 12.2. The Labute approximate surface area is 98.6 Å². The first kappa shape index (κ1) is 11.9. The summed E-state index contributed by atoms with van der Waals surface area (Å²) in [6.45, 7) is 9.71. The van der Waals surface area contributed by atoms with Gasteiger partial charge in [0.2, 0.25) is 5.91 Å². The quantitative estimate of drug-likeness (QED) is 0.787. The van der Waals surface area contributed by atoms with E-state index in [1.165, 1.54) is 0 Å². The number of carbonyl (C=O) groups is 1. The topological polar surface area (TPSA) is 32.3 Å². The fraction of sp³-hybridized carbons (Fsp3) is 0.923. The lowest BCUT2D eigenvalue weighted by Gasteiger charge is -2.25. The van der Waals surface area contributed by atoms with E-state index in [4.69, 9.17) is 0 Å². The van der Waals surface area contributed by atoms with Crippen molar-refractivity contribution >= 4 is 5.91 Å². The van der Waals surface area contributed by atoms with Crippen LogP contribution in [0.3, 0.4) is 0 Å². The van der Waals surface area contributed by atoms with Crippen molar-refractivity contribution in [3.05, 3.63) is 0 Å². The highest BCUT2D eigenvalue weighted by molar-refractivity contribution is 5.77. The van der Waals surface area contributed by atoms with Crippen LogP contribution in [0.15, 0.2) is 0 Å². The Bertz CT molecular complexity index is 267. The van der Waals surface area contributed by atoms with Gasteiger partial charge in [-0.2, -0.15) is 0 Å². The fourth-order valence-corrected chi connectivity index (χ4v) is 3.06. The van der Waals surface area contributed by atoms with Gasteiger partial charge < -0.3 is 10.2 Å². The van der Waals surface area contributed by atoms with Gasteiger partial charge in [0.25, 0.3) is 0 Å². The van der Waals surface area contributed by atoms with E-state index in [0.29, 0.717) is 29.7 Å². The maximum Gasteiger partial charge on any atom is 0.223 e. The summed E-state index contributed by atoms with van der Waals surface area (Å²) in [7, 11) is 0. The van der Waals surface area contributed by atoms with Crippen LogP contribution in [0.5, 0.6) is 0 Å². The molecule has 2 heterocycles. The van der Waals surface area contributed by atoms with Crippen LogP contribution in [-0.2, 0) is 4.79 Å². The van der Waals surface area contributed by atoms with Crippen molar-refractivity contribution in [2.45, 2.75) is 39.7 Å². The molecule has 0 saturated carbocycles. The van der Waals surface area contributed by atoms with Crippen molar-refractivity contribution in [3.63, 3.8) is 0 Å². The third kappa shape index (κ3) is 2.10. The summed E-state index contributed by atoms with van der Waals surface area (Å²) in [5.41, 5.74) is 0. The van der Waals surface area contributed by atoms with Crippen LogP contribution in [-0.4, -0.2) is 36.5 Å². The standard InChI is InChI=1S/C13H24N2O/c1-4-9(2)5-13(16)15-8-11-6-14-7-12(11)10(15)3/h9-12,14H,4-8H2,1-3H3. The SMILES string of the molecule is CCC(C)CC(=O)N1CC2CNCC2C1C. The highest BCUT2D eigenvalue weighted by Crippen LogP contribution is 2.33. The molecule has 3 heteroatoms. The molecule has 0 aromatic carbocycles. The molecule has 4 unspecified atom stereocenters. The van der Waals surface area contributed by atoms with Crippen molar-refractivity contribution < 1.29 is 4.79 Å². The van der Waals surface area contributed by atoms with Crippen LogP contribution in [0.1, 0.15) is 33.6 Å². The van der Waals surface area contributed by atoms with E-state index >= 15 is 0 Å². The van der Waals surface area contributed by atoms with E-state index in [2.05, 4.69) is 31.0 Å². The van der Waals surface area contributed by atoms with Gasteiger partial charge in [-0.1, -0.05) is 20.3 Å². The molecule has 4 atom stereocenters. The van der Waals surface area contributed by atoms with Crippen LogP contribution in [0, 0.1) is 17.8 Å². The minimum atomic E-state index is 0.372. The number of hydrogen-bond donors (Lipinski definition) is 1. The molecule has 1 amide bonds. The van der Waals surface area contributed by atoms with E-state index in [9.17, 15) is 4.79 Å².